The summed E-state index contributed by atoms with van der Waals surface area (Å²) in [5, 5.41) is 9.33. The fourth-order valence-corrected chi connectivity index (χ4v) is 5.33. The third kappa shape index (κ3) is 5.87. The molecule has 0 fully saturated rings. The summed E-state index contributed by atoms with van der Waals surface area (Å²) >= 11 is 1.30. The quantitative estimate of drug-likeness (QED) is 0.189. The van der Waals surface area contributed by atoms with Crippen LogP contribution in [-0.2, 0) is 0 Å². The van der Waals surface area contributed by atoms with Gasteiger partial charge in [0.15, 0.2) is 5.82 Å². The minimum absolute atomic E-state index is 0.218. The Hall–Kier alpha value is -5.02. The van der Waals surface area contributed by atoms with Gasteiger partial charge in [-0.25, -0.2) is 4.68 Å². The van der Waals surface area contributed by atoms with E-state index in [2.05, 4.69) is 17.0 Å². The van der Waals surface area contributed by atoms with Gasteiger partial charge < -0.3 is 9.47 Å². The third-order valence-electron chi connectivity index (χ3n) is 6.68. The Morgan fingerprint density at radius 2 is 1.67 bits per heavy atom. The molecule has 0 amide bonds. The second-order valence-corrected chi connectivity index (χ2v) is 10.6. The standard InChI is InChI=1S/C33H29N5O3S/c1-3-4-20-41-28-17-13-24(14-18-28)31-25(22-37(36-31)26-8-6-5-7-9-26)21-29-32(39)38-33(42-29)34-30(35-38)19-12-23-10-15-27(40-2)16-11-23/h5-19,21-22H,3-4,20H2,1-2H3/b19-12+,29-21-. The van der Waals surface area contributed by atoms with E-state index in [4.69, 9.17) is 14.6 Å². The zero-order valence-corrected chi connectivity index (χ0v) is 24.1. The van der Waals surface area contributed by atoms with Crippen molar-refractivity contribution in [1.29, 1.82) is 0 Å². The maximum atomic E-state index is 13.3. The molecular weight excluding hydrogens is 546 g/mol. The largest absolute Gasteiger partial charge is 0.497 e. The smallest absolute Gasteiger partial charge is 0.291 e. The van der Waals surface area contributed by atoms with E-state index in [1.807, 2.05) is 102 Å². The molecule has 0 atom stereocenters. The van der Waals surface area contributed by atoms with Crippen molar-refractivity contribution in [2.75, 3.05) is 13.7 Å². The summed E-state index contributed by atoms with van der Waals surface area (Å²) in [6, 6.07) is 25.5. The molecule has 6 aromatic rings. The summed E-state index contributed by atoms with van der Waals surface area (Å²) in [6.07, 6.45) is 9.60. The number of methoxy groups -OCH3 is 1. The topological polar surface area (TPSA) is 83.5 Å². The molecule has 0 N–H and O–H groups in total. The average molecular weight is 576 g/mol. The fraction of sp³-hybridized carbons (Fsp3) is 0.152. The van der Waals surface area contributed by atoms with E-state index in [1.54, 1.807) is 13.2 Å². The molecule has 3 aromatic heterocycles. The molecule has 9 heteroatoms. The van der Waals surface area contributed by atoms with Gasteiger partial charge in [0.1, 0.15) is 17.2 Å². The first-order chi connectivity index (χ1) is 20.6. The van der Waals surface area contributed by atoms with E-state index in [1.165, 1.54) is 15.9 Å². The molecule has 3 heterocycles. The molecule has 6 rings (SSSR count). The van der Waals surface area contributed by atoms with Crippen LogP contribution in [0, 0.1) is 0 Å². The number of thiazole rings is 1. The zero-order chi connectivity index (χ0) is 28.9. The molecule has 3 aromatic carbocycles. The molecule has 0 spiro atoms. The predicted molar refractivity (Wildman–Crippen MR) is 167 cm³/mol. The number of para-hydroxylation sites is 1. The van der Waals surface area contributed by atoms with Gasteiger partial charge in [0, 0.05) is 17.3 Å². The van der Waals surface area contributed by atoms with Crippen LogP contribution in [0.15, 0.2) is 89.9 Å². The van der Waals surface area contributed by atoms with Crippen molar-refractivity contribution in [3.63, 3.8) is 0 Å². The first-order valence-corrected chi connectivity index (χ1v) is 14.5. The van der Waals surface area contributed by atoms with E-state index < -0.39 is 0 Å². The van der Waals surface area contributed by atoms with Crippen LogP contribution in [0.3, 0.4) is 0 Å². The molecule has 0 bridgehead atoms. The minimum atomic E-state index is -0.218. The molecule has 210 valence electrons. The van der Waals surface area contributed by atoms with Gasteiger partial charge in [0.25, 0.3) is 5.56 Å². The molecule has 0 radical (unpaired) electrons. The predicted octanol–water partition coefficient (Wildman–Crippen LogP) is 5.91. The Bertz CT molecular complexity index is 1940. The second kappa shape index (κ2) is 12.2. The van der Waals surface area contributed by atoms with Crippen molar-refractivity contribution < 1.29 is 9.47 Å². The van der Waals surface area contributed by atoms with E-state index in [-0.39, 0.29) is 5.56 Å². The Labute approximate surface area is 246 Å². The van der Waals surface area contributed by atoms with Gasteiger partial charge in [-0.2, -0.15) is 14.6 Å². The van der Waals surface area contributed by atoms with Crippen LogP contribution in [-0.4, -0.2) is 38.1 Å². The van der Waals surface area contributed by atoms with E-state index in [9.17, 15) is 4.79 Å². The first-order valence-electron chi connectivity index (χ1n) is 13.7. The lowest BCUT2D eigenvalue weighted by molar-refractivity contribution is 0.309. The molecule has 0 aliphatic heterocycles. The average Bonchev–Trinajstić information content (AvgIpc) is 3.72. The maximum absolute atomic E-state index is 13.3. The Morgan fingerprint density at radius 1 is 0.905 bits per heavy atom. The number of aromatic nitrogens is 5. The minimum Gasteiger partial charge on any atom is -0.497 e. The summed E-state index contributed by atoms with van der Waals surface area (Å²) in [4.78, 5) is 18.4. The summed E-state index contributed by atoms with van der Waals surface area (Å²) in [5.41, 5.74) is 4.20. The van der Waals surface area contributed by atoms with Gasteiger partial charge in [0.2, 0.25) is 4.96 Å². The van der Waals surface area contributed by atoms with E-state index in [0.29, 0.717) is 21.9 Å². The Kier molecular flexibility index (Phi) is 7.91. The first kappa shape index (κ1) is 27.2. The third-order valence-corrected chi connectivity index (χ3v) is 7.64. The number of rotatable bonds is 10. The molecular formula is C33H29N5O3S. The number of fused-ring (bicyclic) bond motifs is 1. The monoisotopic (exact) mass is 575 g/mol. The van der Waals surface area contributed by atoms with Gasteiger partial charge >= 0.3 is 0 Å². The van der Waals surface area contributed by atoms with E-state index in [0.717, 1.165) is 52.4 Å². The molecule has 0 unspecified atom stereocenters. The maximum Gasteiger partial charge on any atom is 0.291 e. The van der Waals surface area contributed by atoms with Crippen LogP contribution in [0.1, 0.15) is 36.7 Å². The van der Waals surface area contributed by atoms with Crippen molar-refractivity contribution in [3.05, 3.63) is 117 Å². The highest BCUT2D eigenvalue weighted by Crippen LogP contribution is 2.27. The number of hydrogen-bond donors (Lipinski definition) is 0. The van der Waals surface area contributed by atoms with Gasteiger partial charge in [-0.15, -0.1) is 5.10 Å². The van der Waals surface area contributed by atoms with E-state index >= 15 is 0 Å². The zero-order valence-electron chi connectivity index (χ0n) is 23.3. The summed E-state index contributed by atoms with van der Waals surface area (Å²) < 4.78 is 14.8. The highest BCUT2D eigenvalue weighted by Gasteiger charge is 2.14. The SMILES string of the molecule is CCCCOc1ccc(-c2nn(-c3ccccc3)cc2/C=c2\sc3nc(/C=C/c4ccc(OC)cc4)nn3c2=O)cc1. The summed E-state index contributed by atoms with van der Waals surface area (Å²) in [5.74, 6) is 2.09. The lowest BCUT2D eigenvalue weighted by atomic mass is 10.1. The number of unbranched alkanes of at least 4 members (excludes halogenated alkanes) is 1. The van der Waals surface area contributed by atoms with Gasteiger partial charge in [-0.3, -0.25) is 4.79 Å². The molecule has 8 nitrogen and oxygen atoms in total. The van der Waals surface area contributed by atoms with Crippen LogP contribution >= 0.6 is 11.3 Å². The van der Waals surface area contributed by atoms with Gasteiger partial charge in [-0.05, 0) is 72.7 Å². The van der Waals surface area contributed by atoms with Crippen molar-refractivity contribution in [2.45, 2.75) is 19.8 Å². The van der Waals surface area contributed by atoms with Crippen LogP contribution in [0.4, 0.5) is 0 Å². The number of ether oxygens (including phenoxy) is 2. The second-order valence-electron chi connectivity index (χ2n) is 9.63. The summed E-state index contributed by atoms with van der Waals surface area (Å²) in [7, 11) is 1.64. The number of hydrogen-bond acceptors (Lipinski definition) is 7. The van der Waals surface area contributed by atoms with Crippen LogP contribution in [0.5, 0.6) is 11.5 Å². The normalized spacial score (nSPS) is 12.0. The van der Waals surface area contributed by atoms with Gasteiger partial charge in [-0.1, -0.05) is 61.1 Å². The number of benzene rings is 3. The highest BCUT2D eigenvalue weighted by molar-refractivity contribution is 7.15. The lowest BCUT2D eigenvalue weighted by Gasteiger charge is -2.06. The summed E-state index contributed by atoms with van der Waals surface area (Å²) in [6.45, 7) is 2.83. The van der Waals surface area contributed by atoms with Gasteiger partial charge in [0.05, 0.1) is 23.9 Å². The van der Waals surface area contributed by atoms with Crippen molar-refractivity contribution >= 4 is 34.5 Å². The van der Waals surface area contributed by atoms with Crippen molar-refractivity contribution in [2.24, 2.45) is 0 Å². The lowest BCUT2D eigenvalue weighted by Crippen LogP contribution is -2.23. The molecule has 0 aliphatic carbocycles. The van der Waals surface area contributed by atoms with Crippen LogP contribution in [0.2, 0.25) is 0 Å². The van der Waals surface area contributed by atoms with Crippen LogP contribution in [0.25, 0.3) is 40.1 Å². The molecule has 42 heavy (non-hydrogen) atoms. The van der Waals surface area contributed by atoms with Crippen LogP contribution < -0.4 is 19.6 Å². The van der Waals surface area contributed by atoms with Crippen molar-refractivity contribution in [3.8, 4) is 28.4 Å². The molecule has 0 aliphatic rings. The fourth-order valence-electron chi connectivity index (χ4n) is 4.42. The highest BCUT2D eigenvalue weighted by atomic mass is 32.1. The van der Waals surface area contributed by atoms with Crippen molar-refractivity contribution in [1.82, 2.24) is 24.4 Å². The molecule has 0 saturated heterocycles. The Morgan fingerprint density at radius 3 is 2.38 bits per heavy atom. The Balaban J connectivity index is 1.34. The molecule has 0 saturated carbocycles. The number of nitrogens with zero attached hydrogens (tertiary/aromatic N) is 5.